The summed E-state index contributed by atoms with van der Waals surface area (Å²) in [6.07, 6.45) is 20.3. The molecule has 0 aromatic heterocycles. The van der Waals surface area contributed by atoms with Gasteiger partial charge in [-0.15, -0.1) is 0 Å². The van der Waals surface area contributed by atoms with Crippen molar-refractivity contribution >= 4 is 0 Å². The summed E-state index contributed by atoms with van der Waals surface area (Å²) >= 11 is 0. The van der Waals surface area contributed by atoms with Crippen LogP contribution in [0.1, 0.15) is 108 Å². The second-order valence-electron chi connectivity index (χ2n) is 10.4. The van der Waals surface area contributed by atoms with E-state index in [9.17, 15) is 0 Å². The van der Waals surface area contributed by atoms with E-state index in [0.29, 0.717) is 5.92 Å². The van der Waals surface area contributed by atoms with Crippen molar-refractivity contribution in [2.45, 2.75) is 109 Å². The fourth-order valence-electron chi connectivity index (χ4n) is 6.03. The molecule has 0 radical (unpaired) electrons. The number of hydrogen-bond acceptors (Lipinski definition) is 2. The summed E-state index contributed by atoms with van der Waals surface area (Å²) in [7, 11) is 0. The molecule has 0 N–H and O–H groups in total. The third kappa shape index (κ3) is 7.38. The zero-order valence-electron chi connectivity index (χ0n) is 22.8. The molecule has 2 heteroatoms. The Morgan fingerprint density at radius 2 is 1.09 bits per heavy atom. The molecule has 1 atom stereocenters. The lowest BCUT2D eigenvalue weighted by Crippen LogP contribution is -2.59. The van der Waals surface area contributed by atoms with Crippen LogP contribution in [0.25, 0.3) is 0 Å². The second-order valence-corrected chi connectivity index (χ2v) is 10.4. The van der Waals surface area contributed by atoms with Gasteiger partial charge in [0.05, 0.1) is 0 Å². The molecular formula is C33H50N2. The Morgan fingerprint density at radius 1 is 0.600 bits per heavy atom. The molecule has 0 saturated heterocycles. The van der Waals surface area contributed by atoms with Gasteiger partial charge in [-0.05, 0) is 30.4 Å². The molecule has 35 heavy (non-hydrogen) atoms. The van der Waals surface area contributed by atoms with Gasteiger partial charge in [0.15, 0.2) is 0 Å². The van der Waals surface area contributed by atoms with Crippen molar-refractivity contribution in [3.05, 3.63) is 84.2 Å². The van der Waals surface area contributed by atoms with Gasteiger partial charge in [-0.2, -0.15) is 0 Å². The van der Waals surface area contributed by atoms with E-state index < -0.39 is 0 Å². The molecule has 0 spiro atoms. The number of benzene rings is 2. The van der Waals surface area contributed by atoms with Gasteiger partial charge in [0.1, 0.15) is 5.66 Å². The van der Waals surface area contributed by atoms with Gasteiger partial charge in [0, 0.05) is 37.8 Å². The molecule has 1 heterocycles. The van der Waals surface area contributed by atoms with E-state index >= 15 is 0 Å². The Hall–Kier alpha value is -2.22. The minimum Gasteiger partial charge on any atom is -0.353 e. The number of hydrogen-bond donors (Lipinski definition) is 0. The largest absolute Gasteiger partial charge is 0.353 e. The van der Waals surface area contributed by atoms with Crippen LogP contribution in [0.15, 0.2) is 73.1 Å². The lowest BCUT2D eigenvalue weighted by atomic mass is 9.78. The second kappa shape index (κ2) is 15.0. The predicted octanol–water partition coefficient (Wildman–Crippen LogP) is 9.15. The molecule has 1 unspecified atom stereocenters. The van der Waals surface area contributed by atoms with Gasteiger partial charge >= 0.3 is 0 Å². The minimum absolute atomic E-state index is 0.0486. The Morgan fingerprint density at radius 3 is 1.57 bits per heavy atom. The van der Waals surface area contributed by atoms with E-state index in [1.165, 1.54) is 75.3 Å². The van der Waals surface area contributed by atoms with Crippen molar-refractivity contribution in [3.63, 3.8) is 0 Å². The van der Waals surface area contributed by atoms with Crippen molar-refractivity contribution in [2.75, 3.05) is 13.1 Å². The highest BCUT2D eigenvalue weighted by Gasteiger charge is 2.49. The SMILES string of the molecule is CCCCCCCN1C=CN(CCCCCCC)C1(Cc1ccccc1)C(CC)c1ccccc1. The van der Waals surface area contributed by atoms with Crippen LogP contribution in [0, 0.1) is 0 Å². The first-order chi connectivity index (χ1) is 17.3. The summed E-state index contributed by atoms with van der Waals surface area (Å²) in [6, 6.07) is 22.5. The predicted molar refractivity (Wildman–Crippen MR) is 152 cm³/mol. The van der Waals surface area contributed by atoms with Crippen LogP contribution >= 0.6 is 0 Å². The van der Waals surface area contributed by atoms with Gasteiger partial charge in [-0.1, -0.05) is 133 Å². The van der Waals surface area contributed by atoms with Gasteiger partial charge < -0.3 is 9.80 Å². The summed E-state index contributed by atoms with van der Waals surface area (Å²) < 4.78 is 0. The molecular weight excluding hydrogens is 424 g/mol. The molecule has 1 aliphatic rings. The van der Waals surface area contributed by atoms with Gasteiger partial charge in [0.2, 0.25) is 0 Å². The van der Waals surface area contributed by atoms with E-state index in [1.807, 2.05) is 0 Å². The van der Waals surface area contributed by atoms with E-state index in [-0.39, 0.29) is 5.66 Å². The summed E-state index contributed by atoms with van der Waals surface area (Å²) in [5, 5.41) is 0. The first-order valence-corrected chi connectivity index (χ1v) is 14.6. The molecule has 0 fully saturated rings. The van der Waals surface area contributed by atoms with Gasteiger partial charge in [-0.3, -0.25) is 0 Å². The molecule has 0 amide bonds. The van der Waals surface area contributed by atoms with Crippen LogP contribution in [-0.4, -0.2) is 28.6 Å². The van der Waals surface area contributed by atoms with Crippen molar-refractivity contribution in [1.82, 2.24) is 9.80 Å². The lowest BCUT2D eigenvalue weighted by molar-refractivity contribution is -0.00378. The van der Waals surface area contributed by atoms with E-state index in [0.717, 1.165) is 25.9 Å². The van der Waals surface area contributed by atoms with Crippen LogP contribution in [0.5, 0.6) is 0 Å². The summed E-state index contributed by atoms with van der Waals surface area (Å²) in [5.41, 5.74) is 2.87. The Balaban J connectivity index is 1.93. The molecule has 192 valence electrons. The highest BCUT2D eigenvalue weighted by molar-refractivity contribution is 5.30. The van der Waals surface area contributed by atoms with Crippen LogP contribution in [0.2, 0.25) is 0 Å². The highest BCUT2D eigenvalue weighted by Crippen LogP contribution is 2.45. The van der Waals surface area contributed by atoms with Crippen LogP contribution < -0.4 is 0 Å². The Kier molecular flexibility index (Phi) is 11.7. The number of unbranched alkanes of at least 4 members (excludes halogenated alkanes) is 8. The fraction of sp³-hybridized carbons (Fsp3) is 0.576. The smallest absolute Gasteiger partial charge is 0.123 e. The highest BCUT2D eigenvalue weighted by atomic mass is 15.4. The molecule has 0 saturated carbocycles. The van der Waals surface area contributed by atoms with Crippen molar-refractivity contribution in [3.8, 4) is 0 Å². The molecule has 0 aliphatic carbocycles. The lowest BCUT2D eigenvalue weighted by Gasteiger charge is -2.51. The van der Waals surface area contributed by atoms with Gasteiger partial charge in [0.25, 0.3) is 0 Å². The minimum atomic E-state index is -0.0486. The zero-order valence-corrected chi connectivity index (χ0v) is 22.8. The Bertz CT molecular complexity index is 805. The average Bonchev–Trinajstić information content (AvgIpc) is 3.22. The fourth-order valence-corrected chi connectivity index (χ4v) is 6.03. The maximum Gasteiger partial charge on any atom is 0.123 e. The third-order valence-corrected chi connectivity index (χ3v) is 7.90. The maximum absolute atomic E-state index is 2.74. The molecule has 3 rings (SSSR count). The standard InChI is InChI=1S/C33H50N2/c1-4-7-9-11-19-25-34-27-28-35(26-20-12-10-8-5-2)33(34,29-30-21-15-13-16-22-30)32(6-3)31-23-17-14-18-24-31/h13-18,21-24,27-28,32H,4-12,19-20,25-26,29H2,1-3H3. The molecule has 2 nitrogen and oxygen atoms in total. The topological polar surface area (TPSA) is 6.48 Å². The van der Waals surface area contributed by atoms with E-state index in [4.69, 9.17) is 0 Å². The Labute approximate surface area is 216 Å². The van der Waals surface area contributed by atoms with E-state index in [1.54, 1.807) is 0 Å². The van der Waals surface area contributed by atoms with Crippen LogP contribution in [0.4, 0.5) is 0 Å². The number of nitrogens with zero attached hydrogens (tertiary/aromatic N) is 2. The van der Waals surface area contributed by atoms with Crippen LogP contribution in [-0.2, 0) is 6.42 Å². The summed E-state index contributed by atoms with van der Waals surface area (Å²) in [4.78, 5) is 5.47. The first-order valence-electron chi connectivity index (χ1n) is 14.6. The normalized spacial score (nSPS) is 15.6. The summed E-state index contributed by atoms with van der Waals surface area (Å²) in [6.45, 7) is 9.28. The molecule has 2 aromatic rings. The van der Waals surface area contributed by atoms with Gasteiger partial charge in [-0.25, -0.2) is 0 Å². The maximum atomic E-state index is 2.74. The third-order valence-electron chi connectivity index (χ3n) is 7.90. The molecule has 1 aliphatic heterocycles. The molecule has 0 bridgehead atoms. The summed E-state index contributed by atoms with van der Waals surface area (Å²) in [5.74, 6) is 0.449. The van der Waals surface area contributed by atoms with E-state index in [2.05, 4.69) is 104 Å². The quantitative estimate of drug-likeness (QED) is 0.211. The average molecular weight is 475 g/mol. The zero-order chi connectivity index (χ0) is 24.8. The monoisotopic (exact) mass is 474 g/mol. The van der Waals surface area contributed by atoms with Crippen molar-refractivity contribution in [2.24, 2.45) is 0 Å². The molecule has 2 aromatic carbocycles. The number of rotatable bonds is 17. The van der Waals surface area contributed by atoms with Crippen molar-refractivity contribution in [1.29, 1.82) is 0 Å². The van der Waals surface area contributed by atoms with Crippen LogP contribution in [0.3, 0.4) is 0 Å². The van der Waals surface area contributed by atoms with Crippen molar-refractivity contribution < 1.29 is 0 Å². The first kappa shape index (κ1) is 27.4.